The van der Waals surface area contributed by atoms with Gasteiger partial charge in [-0.25, -0.2) is 0 Å². The summed E-state index contributed by atoms with van der Waals surface area (Å²) in [6.07, 6.45) is 2.32. The summed E-state index contributed by atoms with van der Waals surface area (Å²) in [5.41, 5.74) is -0.150. The van der Waals surface area contributed by atoms with E-state index in [9.17, 15) is 13.2 Å². The minimum absolute atomic E-state index is 0.0473. The quantitative estimate of drug-likeness (QED) is 0.711. The summed E-state index contributed by atoms with van der Waals surface area (Å²) in [5, 5.41) is 3.94. The normalized spacial score (nSPS) is 11.3. The van der Waals surface area contributed by atoms with Crippen LogP contribution >= 0.6 is 0 Å². The zero-order valence-electron chi connectivity index (χ0n) is 9.49. The number of nitrogens with zero attached hydrogens (tertiary/aromatic N) is 2. The van der Waals surface area contributed by atoms with Crippen molar-refractivity contribution in [3.8, 4) is 23.5 Å². The molecule has 2 aromatic rings. The highest BCUT2D eigenvalue weighted by Crippen LogP contribution is 2.37. The van der Waals surface area contributed by atoms with Gasteiger partial charge in [-0.15, -0.1) is 6.42 Å². The van der Waals surface area contributed by atoms with Crippen molar-refractivity contribution in [3.63, 3.8) is 0 Å². The van der Waals surface area contributed by atoms with Crippen molar-refractivity contribution in [2.24, 2.45) is 7.05 Å². The Labute approximate surface area is 102 Å². The number of rotatable bonds is 1. The van der Waals surface area contributed by atoms with Gasteiger partial charge in [0.25, 0.3) is 0 Å². The first-order valence-electron chi connectivity index (χ1n) is 5.10. The second-order valence-electron chi connectivity index (χ2n) is 3.75. The lowest BCUT2D eigenvalue weighted by Crippen LogP contribution is -2.06. The number of hydrogen-bond donors (Lipinski definition) is 0. The Bertz CT molecular complexity index is 618. The lowest BCUT2D eigenvalue weighted by atomic mass is 10.00. The summed E-state index contributed by atoms with van der Waals surface area (Å²) in [5.74, 6) is 2.29. The third-order valence-electron chi connectivity index (χ3n) is 2.49. The molecule has 0 amide bonds. The zero-order chi connectivity index (χ0) is 13.3. The third-order valence-corrected chi connectivity index (χ3v) is 2.49. The molecule has 0 fully saturated rings. The average molecular weight is 250 g/mol. The predicted octanol–water partition coefficient (Wildman–Crippen LogP) is 3.09. The molecule has 0 aliphatic heterocycles. The molecule has 0 saturated heterocycles. The van der Waals surface area contributed by atoms with Crippen molar-refractivity contribution in [2.75, 3.05) is 0 Å². The maximum atomic E-state index is 12.9. The van der Waals surface area contributed by atoms with Crippen LogP contribution in [0.4, 0.5) is 13.2 Å². The summed E-state index contributed by atoms with van der Waals surface area (Å²) in [6.45, 7) is 0. The summed E-state index contributed by atoms with van der Waals surface area (Å²) < 4.78 is 40.1. The van der Waals surface area contributed by atoms with Crippen molar-refractivity contribution in [2.45, 2.75) is 6.18 Å². The molecule has 0 N–H and O–H groups in total. The molecule has 1 aromatic carbocycles. The fourth-order valence-electron chi connectivity index (χ4n) is 1.76. The first kappa shape index (κ1) is 12.2. The van der Waals surface area contributed by atoms with Crippen LogP contribution < -0.4 is 0 Å². The van der Waals surface area contributed by atoms with Crippen LogP contribution in [0.3, 0.4) is 0 Å². The number of aryl methyl sites for hydroxylation is 1. The monoisotopic (exact) mass is 250 g/mol. The largest absolute Gasteiger partial charge is 0.417 e. The highest BCUT2D eigenvalue weighted by molar-refractivity contribution is 5.72. The molecule has 0 saturated carbocycles. The molecule has 5 heteroatoms. The number of halogens is 3. The number of alkyl halides is 3. The van der Waals surface area contributed by atoms with Crippen LogP contribution in [0.2, 0.25) is 0 Å². The van der Waals surface area contributed by atoms with Crippen molar-refractivity contribution in [1.29, 1.82) is 0 Å². The minimum Gasteiger partial charge on any atom is -0.274 e. The SMILES string of the molecule is C#Cc1nn(C)cc1-c1ccccc1C(F)(F)F. The highest BCUT2D eigenvalue weighted by Gasteiger charge is 2.34. The van der Waals surface area contributed by atoms with Gasteiger partial charge in [0.2, 0.25) is 0 Å². The standard InChI is InChI=1S/C13H9F3N2/c1-3-12-10(8-18(2)17-12)9-6-4-5-7-11(9)13(14,15)16/h1,4-8H,2H3. The van der Waals surface area contributed by atoms with E-state index in [4.69, 9.17) is 6.42 Å². The molecule has 2 rings (SSSR count). The molecule has 0 bridgehead atoms. The third kappa shape index (κ3) is 2.09. The first-order valence-corrected chi connectivity index (χ1v) is 5.10. The van der Waals surface area contributed by atoms with E-state index < -0.39 is 11.7 Å². The van der Waals surface area contributed by atoms with Crippen molar-refractivity contribution < 1.29 is 13.2 Å². The molecule has 92 valence electrons. The smallest absolute Gasteiger partial charge is 0.274 e. The fourth-order valence-corrected chi connectivity index (χ4v) is 1.76. The van der Waals surface area contributed by atoms with Gasteiger partial charge >= 0.3 is 6.18 Å². The van der Waals surface area contributed by atoms with E-state index in [1.165, 1.54) is 29.1 Å². The van der Waals surface area contributed by atoms with E-state index in [0.717, 1.165) is 6.07 Å². The van der Waals surface area contributed by atoms with Gasteiger partial charge in [0.15, 0.2) is 0 Å². The van der Waals surface area contributed by atoms with E-state index >= 15 is 0 Å². The lowest BCUT2D eigenvalue weighted by molar-refractivity contribution is -0.137. The van der Waals surface area contributed by atoms with Crippen LogP contribution in [-0.4, -0.2) is 9.78 Å². The van der Waals surface area contributed by atoms with Crippen molar-refractivity contribution in [3.05, 3.63) is 41.7 Å². The Morgan fingerprint density at radius 1 is 1.22 bits per heavy atom. The molecule has 1 heterocycles. The Balaban J connectivity index is 2.69. The topological polar surface area (TPSA) is 17.8 Å². The van der Waals surface area contributed by atoms with E-state index in [0.29, 0.717) is 5.56 Å². The van der Waals surface area contributed by atoms with Crippen LogP contribution in [0, 0.1) is 12.3 Å². The Morgan fingerprint density at radius 2 is 1.89 bits per heavy atom. The molecule has 0 aliphatic rings. The Hall–Kier alpha value is -2.22. The maximum absolute atomic E-state index is 12.9. The fraction of sp³-hybridized carbons (Fsp3) is 0.154. The molecule has 0 radical (unpaired) electrons. The van der Waals surface area contributed by atoms with Gasteiger partial charge in [-0.1, -0.05) is 18.2 Å². The molecule has 1 aromatic heterocycles. The first-order chi connectivity index (χ1) is 8.43. The van der Waals surface area contributed by atoms with E-state index in [1.54, 1.807) is 7.05 Å². The number of aromatic nitrogens is 2. The second-order valence-corrected chi connectivity index (χ2v) is 3.75. The summed E-state index contributed by atoms with van der Waals surface area (Å²) in [7, 11) is 1.61. The van der Waals surface area contributed by atoms with Gasteiger partial charge in [0.1, 0.15) is 5.69 Å². The lowest BCUT2D eigenvalue weighted by Gasteiger charge is -2.11. The molecule has 0 spiro atoms. The van der Waals surface area contributed by atoms with Crippen molar-refractivity contribution >= 4 is 0 Å². The maximum Gasteiger partial charge on any atom is 0.417 e. The van der Waals surface area contributed by atoms with Gasteiger partial charge in [-0.05, 0) is 17.6 Å². The van der Waals surface area contributed by atoms with Crippen LogP contribution in [-0.2, 0) is 13.2 Å². The van der Waals surface area contributed by atoms with Crippen LogP contribution in [0.25, 0.3) is 11.1 Å². The van der Waals surface area contributed by atoms with Crippen LogP contribution in [0.15, 0.2) is 30.5 Å². The summed E-state index contributed by atoms with van der Waals surface area (Å²) in [4.78, 5) is 0. The van der Waals surface area contributed by atoms with Crippen molar-refractivity contribution in [1.82, 2.24) is 9.78 Å². The molecule has 0 unspecified atom stereocenters. The number of benzene rings is 1. The number of terminal acetylenes is 1. The molecular formula is C13H9F3N2. The van der Waals surface area contributed by atoms with E-state index in [-0.39, 0.29) is 11.3 Å². The van der Waals surface area contributed by atoms with Gasteiger partial charge < -0.3 is 0 Å². The predicted molar refractivity (Wildman–Crippen MR) is 61.6 cm³/mol. The van der Waals surface area contributed by atoms with Gasteiger partial charge in [0, 0.05) is 18.8 Å². The summed E-state index contributed by atoms with van der Waals surface area (Å²) in [6, 6.07) is 5.30. The summed E-state index contributed by atoms with van der Waals surface area (Å²) >= 11 is 0. The van der Waals surface area contributed by atoms with Gasteiger partial charge in [0.05, 0.1) is 5.56 Å². The van der Waals surface area contributed by atoms with Gasteiger partial charge in [-0.2, -0.15) is 18.3 Å². The molecule has 0 aliphatic carbocycles. The van der Waals surface area contributed by atoms with E-state index in [2.05, 4.69) is 11.0 Å². The van der Waals surface area contributed by atoms with Crippen LogP contribution in [0.5, 0.6) is 0 Å². The minimum atomic E-state index is -4.42. The Kier molecular flexibility index (Phi) is 2.87. The van der Waals surface area contributed by atoms with E-state index in [1.807, 2.05) is 0 Å². The highest BCUT2D eigenvalue weighted by atomic mass is 19.4. The average Bonchev–Trinajstić information content (AvgIpc) is 2.69. The molecular weight excluding hydrogens is 241 g/mol. The number of hydrogen-bond acceptors (Lipinski definition) is 1. The Morgan fingerprint density at radius 3 is 2.50 bits per heavy atom. The van der Waals surface area contributed by atoms with Crippen LogP contribution in [0.1, 0.15) is 11.3 Å². The molecule has 18 heavy (non-hydrogen) atoms. The second kappa shape index (κ2) is 4.22. The molecule has 0 atom stereocenters. The molecule has 2 nitrogen and oxygen atoms in total. The zero-order valence-corrected chi connectivity index (χ0v) is 9.49. The van der Waals surface area contributed by atoms with Gasteiger partial charge in [-0.3, -0.25) is 4.68 Å².